The monoisotopic (exact) mass is 290 g/mol. The number of anilines is 1. The minimum absolute atomic E-state index is 0.0981. The Bertz CT molecular complexity index is 474. The van der Waals surface area contributed by atoms with Gasteiger partial charge in [-0.3, -0.25) is 4.79 Å². The van der Waals surface area contributed by atoms with Gasteiger partial charge in [0.05, 0.1) is 6.04 Å². The molecule has 2 N–H and O–H groups in total. The van der Waals surface area contributed by atoms with E-state index in [4.69, 9.17) is 4.74 Å². The van der Waals surface area contributed by atoms with E-state index in [1.165, 1.54) is 11.3 Å². The molecule has 1 aromatic rings. The Morgan fingerprint density at radius 1 is 1.43 bits per heavy atom. The average molecular weight is 290 g/mol. The molecular weight excluding hydrogens is 264 g/mol. The average Bonchev–Trinajstić information content (AvgIpc) is 2.98. The van der Waals surface area contributed by atoms with Crippen molar-refractivity contribution in [2.45, 2.75) is 39.2 Å². The number of ether oxygens (including phenoxy) is 1. The number of Topliss-reactive ketones (excluding diaryl/α,β-unsaturated/α-hetero) is 1. The van der Waals surface area contributed by atoms with Gasteiger partial charge in [0.1, 0.15) is 0 Å². The molecule has 4 heteroatoms. The number of carbonyl (C=O) groups is 1. The number of ketones is 1. The summed E-state index contributed by atoms with van der Waals surface area (Å²) in [5, 5.41) is 6.67. The Kier molecular flexibility index (Phi) is 6.21. The Balaban J connectivity index is 1.90. The van der Waals surface area contributed by atoms with E-state index < -0.39 is 0 Å². The molecule has 1 aliphatic rings. The smallest absolute Gasteiger partial charge is 0.179 e. The molecule has 1 unspecified atom stereocenters. The first-order valence-corrected chi connectivity index (χ1v) is 7.98. The zero-order chi connectivity index (χ0) is 15.1. The van der Waals surface area contributed by atoms with E-state index in [2.05, 4.69) is 10.6 Å². The van der Waals surface area contributed by atoms with Gasteiger partial charge in [-0.2, -0.15) is 0 Å². The van der Waals surface area contributed by atoms with Gasteiger partial charge in [-0.05, 0) is 56.5 Å². The van der Waals surface area contributed by atoms with Crippen LogP contribution in [-0.2, 0) is 11.2 Å². The standard InChI is InChI=1S/C17H26N2O2/c1-3-15(18-9-5-11-21-4-2)17(20)14-6-7-16-13(12-14)8-10-19-16/h6-7,12,15,18-19H,3-5,8-11H2,1-2H3. The molecule has 0 radical (unpaired) electrons. The number of nitrogens with one attached hydrogen (secondary N) is 2. The van der Waals surface area contributed by atoms with E-state index in [-0.39, 0.29) is 11.8 Å². The Hall–Kier alpha value is -1.39. The molecule has 0 aliphatic carbocycles. The van der Waals surface area contributed by atoms with Crippen LogP contribution in [-0.4, -0.2) is 38.1 Å². The highest BCUT2D eigenvalue weighted by molar-refractivity contribution is 6.00. The first kappa shape index (κ1) is 16.0. The third-order valence-corrected chi connectivity index (χ3v) is 3.88. The summed E-state index contributed by atoms with van der Waals surface area (Å²) in [5.74, 6) is 0.198. The van der Waals surface area contributed by atoms with Crippen LogP contribution in [0.25, 0.3) is 0 Å². The summed E-state index contributed by atoms with van der Waals surface area (Å²) in [4.78, 5) is 12.6. The summed E-state index contributed by atoms with van der Waals surface area (Å²) in [5.41, 5.74) is 3.25. The largest absolute Gasteiger partial charge is 0.384 e. The number of benzene rings is 1. The van der Waals surface area contributed by atoms with Gasteiger partial charge in [0.25, 0.3) is 0 Å². The van der Waals surface area contributed by atoms with Crippen LogP contribution in [0.5, 0.6) is 0 Å². The van der Waals surface area contributed by atoms with Crippen LogP contribution in [0.2, 0.25) is 0 Å². The van der Waals surface area contributed by atoms with Gasteiger partial charge >= 0.3 is 0 Å². The van der Waals surface area contributed by atoms with Gasteiger partial charge in [-0.25, -0.2) is 0 Å². The Morgan fingerprint density at radius 3 is 3.05 bits per heavy atom. The lowest BCUT2D eigenvalue weighted by atomic mass is 9.99. The highest BCUT2D eigenvalue weighted by atomic mass is 16.5. The van der Waals surface area contributed by atoms with Crippen molar-refractivity contribution < 1.29 is 9.53 Å². The van der Waals surface area contributed by atoms with E-state index in [1.54, 1.807) is 0 Å². The van der Waals surface area contributed by atoms with E-state index in [9.17, 15) is 4.79 Å². The molecule has 1 heterocycles. The van der Waals surface area contributed by atoms with Crippen molar-refractivity contribution >= 4 is 11.5 Å². The van der Waals surface area contributed by atoms with Crippen LogP contribution in [0.1, 0.15) is 42.6 Å². The number of hydrogen-bond acceptors (Lipinski definition) is 4. The lowest BCUT2D eigenvalue weighted by Gasteiger charge is -2.16. The molecule has 21 heavy (non-hydrogen) atoms. The lowest BCUT2D eigenvalue weighted by molar-refractivity contribution is 0.0935. The fourth-order valence-corrected chi connectivity index (χ4v) is 2.68. The number of rotatable bonds is 9. The summed E-state index contributed by atoms with van der Waals surface area (Å²) in [6.07, 6.45) is 2.75. The molecule has 4 nitrogen and oxygen atoms in total. The summed E-state index contributed by atoms with van der Waals surface area (Å²) < 4.78 is 5.31. The molecule has 0 saturated heterocycles. The molecule has 0 spiro atoms. The maximum Gasteiger partial charge on any atom is 0.179 e. The van der Waals surface area contributed by atoms with Crippen LogP contribution in [0, 0.1) is 0 Å². The second-order valence-corrected chi connectivity index (χ2v) is 5.38. The van der Waals surface area contributed by atoms with Crippen molar-refractivity contribution in [1.82, 2.24) is 5.32 Å². The van der Waals surface area contributed by atoms with Gasteiger partial charge in [-0.1, -0.05) is 6.92 Å². The van der Waals surface area contributed by atoms with Crippen LogP contribution in [0.4, 0.5) is 5.69 Å². The summed E-state index contributed by atoms with van der Waals surface area (Å²) >= 11 is 0. The third kappa shape index (κ3) is 4.29. The SMILES string of the molecule is CCOCCCNC(CC)C(=O)c1ccc2c(c1)CCN2. The second-order valence-electron chi connectivity index (χ2n) is 5.38. The van der Waals surface area contributed by atoms with Gasteiger partial charge in [0.15, 0.2) is 5.78 Å². The number of carbonyl (C=O) groups excluding carboxylic acids is 1. The normalized spacial score (nSPS) is 14.6. The summed E-state index contributed by atoms with van der Waals surface area (Å²) in [6.45, 7) is 7.33. The van der Waals surface area contributed by atoms with Gasteiger partial charge in [0.2, 0.25) is 0 Å². The fraction of sp³-hybridized carbons (Fsp3) is 0.588. The maximum absolute atomic E-state index is 12.6. The predicted molar refractivity (Wildman–Crippen MR) is 86.2 cm³/mol. The predicted octanol–water partition coefficient (Wildman–Crippen LogP) is 2.63. The van der Waals surface area contributed by atoms with Gasteiger partial charge in [-0.15, -0.1) is 0 Å². The molecule has 0 bridgehead atoms. The van der Waals surface area contributed by atoms with Crippen molar-refractivity contribution in [3.8, 4) is 0 Å². The van der Waals surface area contributed by atoms with E-state index in [0.717, 1.165) is 51.1 Å². The topological polar surface area (TPSA) is 50.4 Å². The molecule has 116 valence electrons. The molecule has 1 aliphatic heterocycles. The minimum Gasteiger partial charge on any atom is -0.384 e. The van der Waals surface area contributed by atoms with Gasteiger partial charge < -0.3 is 15.4 Å². The summed E-state index contributed by atoms with van der Waals surface area (Å²) in [7, 11) is 0. The van der Waals surface area contributed by atoms with Crippen LogP contribution < -0.4 is 10.6 Å². The molecule has 0 fully saturated rings. The Labute approximate surface area is 127 Å². The lowest BCUT2D eigenvalue weighted by Crippen LogP contribution is -2.37. The quantitative estimate of drug-likeness (QED) is 0.542. The molecule has 0 aromatic heterocycles. The van der Waals surface area contributed by atoms with Crippen molar-refractivity contribution in [2.24, 2.45) is 0 Å². The van der Waals surface area contributed by atoms with Crippen LogP contribution >= 0.6 is 0 Å². The first-order chi connectivity index (χ1) is 10.3. The van der Waals surface area contributed by atoms with Crippen LogP contribution in [0.3, 0.4) is 0 Å². The van der Waals surface area contributed by atoms with Gasteiger partial charge in [0, 0.05) is 31.0 Å². The van der Waals surface area contributed by atoms with Crippen molar-refractivity contribution in [2.75, 3.05) is 31.6 Å². The molecule has 1 aromatic carbocycles. The minimum atomic E-state index is -0.0981. The molecule has 1 atom stereocenters. The van der Waals surface area contributed by atoms with Crippen molar-refractivity contribution in [3.63, 3.8) is 0 Å². The van der Waals surface area contributed by atoms with Crippen molar-refractivity contribution in [3.05, 3.63) is 29.3 Å². The van der Waals surface area contributed by atoms with E-state index in [0.29, 0.717) is 0 Å². The molecule has 0 amide bonds. The molecule has 2 rings (SSSR count). The number of hydrogen-bond donors (Lipinski definition) is 2. The van der Waals surface area contributed by atoms with Crippen molar-refractivity contribution in [1.29, 1.82) is 0 Å². The zero-order valence-corrected chi connectivity index (χ0v) is 13.1. The van der Waals surface area contributed by atoms with Crippen LogP contribution in [0.15, 0.2) is 18.2 Å². The fourth-order valence-electron chi connectivity index (χ4n) is 2.68. The number of fused-ring (bicyclic) bond motifs is 1. The molecule has 0 saturated carbocycles. The highest BCUT2D eigenvalue weighted by Crippen LogP contribution is 2.23. The van der Waals surface area contributed by atoms with E-state index in [1.807, 2.05) is 32.0 Å². The third-order valence-electron chi connectivity index (χ3n) is 3.88. The summed E-state index contributed by atoms with van der Waals surface area (Å²) in [6, 6.07) is 5.91. The Morgan fingerprint density at radius 2 is 2.29 bits per heavy atom. The second kappa shape index (κ2) is 8.15. The highest BCUT2D eigenvalue weighted by Gasteiger charge is 2.19. The molecular formula is C17H26N2O2. The first-order valence-electron chi connectivity index (χ1n) is 7.98. The van der Waals surface area contributed by atoms with E-state index >= 15 is 0 Å². The zero-order valence-electron chi connectivity index (χ0n) is 13.1. The maximum atomic E-state index is 12.6.